The maximum absolute atomic E-state index is 11.2. The molecule has 0 saturated carbocycles. The SMILES string of the molecule is CCC(C(=O)O)c1csc2ccc(C#N)cc12. The van der Waals surface area contributed by atoms with Crippen LogP contribution in [0.3, 0.4) is 0 Å². The fraction of sp³-hybridized carbons (Fsp3) is 0.231. The van der Waals surface area contributed by atoms with Gasteiger partial charge in [-0.25, -0.2) is 0 Å². The van der Waals surface area contributed by atoms with Crippen LogP contribution < -0.4 is 0 Å². The van der Waals surface area contributed by atoms with Crippen LogP contribution in [0, 0.1) is 11.3 Å². The zero-order valence-corrected chi connectivity index (χ0v) is 10.1. The van der Waals surface area contributed by atoms with Gasteiger partial charge in [0.2, 0.25) is 0 Å². The van der Waals surface area contributed by atoms with Crippen LogP contribution in [0.2, 0.25) is 0 Å². The number of hydrogen-bond acceptors (Lipinski definition) is 3. The molecule has 2 rings (SSSR count). The molecule has 0 bridgehead atoms. The Bertz CT molecular complexity index is 609. The highest BCUT2D eigenvalue weighted by molar-refractivity contribution is 7.17. The van der Waals surface area contributed by atoms with Gasteiger partial charge >= 0.3 is 5.97 Å². The van der Waals surface area contributed by atoms with Gasteiger partial charge in [-0.1, -0.05) is 6.92 Å². The van der Waals surface area contributed by atoms with E-state index >= 15 is 0 Å². The summed E-state index contributed by atoms with van der Waals surface area (Å²) in [7, 11) is 0. The quantitative estimate of drug-likeness (QED) is 0.902. The molecular weight excluding hydrogens is 234 g/mol. The lowest BCUT2D eigenvalue weighted by molar-refractivity contribution is -0.138. The summed E-state index contributed by atoms with van der Waals surface area (Å²) >= 11 is 1.52. The van der Waals surface area contributed by atoms with E-state index in [1.165, 1.54) is 11.3 Å². The fourth-order valence-electron chi connectivity index (χ4n) is 1.92. The van der Waals surface area contributed by atoms with Crippen molar-refractivity contribution in [2.24, 2.45) is 0 Å². The van der Waals surface area contributed by atoms with Gasteiger partial charge in [-0.3, -0.25) is 4.79 Å². The third-order valence-corrected chi connectivity index (χ3v) is 3.80. The first-order chi connectivity index (χ1) is 8.17. The molecule has 1 aromatic heterocycles. The van der Waals surface area contributed by atoms with Crippen molar-refractivity contribution in [3.63, 3.8) is 0 Å². The van der Waals surface area contributed by atoms with E-state index in [0.29, 0.717) is 12.0 Å². The molecule has 3 nitrogen and oxygen atoms in total. The molecule has 1 heterocycles. The lowest BCUT2D eigenvalue weighted by atomic mass is 9.95. The van der Waals surface area contributed by atoms with Crippen LogP contribution in [-0.2, 0) is 4.79 Å². The summed E-state index contributed by atoms with van der Waals surface area (Å²) in [5.41, 5.74) is 1.38. The number of nitriles is 1. The Kier molecular flexibility index (Phi) is 3.12. The van der Waals surface area contributed by atoms with Crippen LogP contribution in [0.1, 0.15) is 30.4 Å². The minimum Gasteiger partial charge on any atom is -0.481 e. The van der Waals surface area contributed by atoms with Crippen LogP contribution in [0.4, 0.5) is 0 Å². The molecule has 0 aliphatic rings. The second kappa shape index (κ2) is 4.56. The molecule has 0 spiro atoms. The number of rotatable bonds is 3. The molecule has 0 amide bonds. The van der Waals surface area contributed by atoms with E-state index in [4.69, 9.17) is 5.26 Å². The highest BCUT2D eigenvalue weighted by atomic mass is 32.1. The van der Waals surface area contributed by atoms with Gasteiger partial charge in [-0.2, -0.15) is 5.26 Å². The minimum atomic E-state index is -0.811. The first-order valence-corrected chi connectivity index (χ1v) is 6.19. The summed E-state index contributed by atoms with van der Waals surface area (Å²) in [6, 6.07) is 7.48. The lowest BCUT2D eigenvalue weighted by Gasteiger charge is -2.08. The van der Waals surface area contributed by atoms with E-state index in [2.05, 4.69) is 6.07 Å². The molecule has 0 radical (unpaired) electrons. The molecule has 17 heavy (non-hydrogen) atoms. The van der Waals surface area contributed by atoms with E-state index < -0.39 is 11.9 Å². The molecule has 2 aromatic rings. The summed E-state index contributed by atoms with van der Waals surface area (Å²) in [6.45, 7) is 1.86. The van der Waals surface area contributed by atoms with Crippen LogP contribution in [0.25, 0.3) is 10.1 Å². The topological polar surface area (TPSA) is 61.1 Å². The summed E-state index contributed by atoms with van der Waals surface area (Å²) in [4.78, 5) is 11.2. The van der Waals surface area contributed by atoms with Crippen LogP contribution in [0.15, 0.2) is 23.6 Å². The van der Waals surface area contributed by atoms with E-state index in [0.717, 1.165) is 15.6 Å². The largest absolute Gasteiger partial charge is 0.481 e. The number of nitrogens with zero attached hydrogens (tertiary/aromatic N) is 1. The van der Waals surface area contributed by atoms with Gasteiger partial charge in [-0.15, -0.1) is 11.3 Å². The molecule has 0 saturated heterocycles. The molecule has 0 aliphatic carbocycles. The Balaban J connectivity index is 2.62. The maximum Gasteiger partial charge on any atom is 0.311 e. The normalized spacial score (nSPS) is 12.2. The fourth-order valence-corrected chi connectivity index (χ4v) is 2.91. The van der Waals surface area contributed by atoms with Gasteiger partial charge in [0.05, 0.1) is 17.6 Å². The Labute approximate surface area is 103 Å². The molecular formula is C13H11NO2S. The molecule has 1 atom stereocenters. The predicted octanol–water partition coefficient (Wildman–Crippen LogP) is 3.35. The number of carboxylic acid groups (broad SMARTS) is 1. The van der Waals surface area contributed by atoms with Crippen LogP contribution in [-0.4, -0.2) is 11.1 Å². The minimum absolute atomic E-state index is 0.488. The first kappa shape index (κ1) is 11.6. The molecule has 0 fully saturated rings. The van der Waals surface area contributed by atoms with Crippen molar-refractivity contribution >= 4 is 27.4 Å². The number of benzene rings is 1. The van der Waals surface area contributed by atoms with Gasteiger partial charge in [0.15, 0.2) is 0 Å². The molecule has 1 aromatic carbocycles. The van der Waals surface area contributed by atoms with E-state index in [1.807, 2.05) is 18.4 Å². The number of aliphatic carboxylic acids is 1. The first-order valence-electron chi connectivity index (χ1n) is 5.31. The van der Waals surface area contributed by atoms with Crippen LogP contribution in [0.5, 0.6) is 0 Å². The molecule has 86 valence electrons. The predicted molar refractivity (Wildman–Crippen MR) is 67.2 cm³/mol. The van der Waals surface area contributed by atoms with Gasteiger partial charge in [0, 0.05) is 4.70 Å². The zero-order chi connectivity index (χ0) is 12.4. The average molecular weight is 245 g/mol. The van der Waals surface area contributed by atoms with Crippen molar-refractivity contribution < 1.29 is 9.90 Å². The van der Waals surface area contributed by atoms with Gasteiger partial charge in [-0.05, 0) is 40.9 Å². The third-order valence-electron chi connectivity index (χ3n) is 2.81. The van der Waals surface area contributed by atoms with E-state index in [9.17, 15) is 9.90 Å². The maximum atomic E-state index is 11.2. The van der Waals surface area contributed by atoms with Crippen molar-refractivity contribution in [3.8, 4) is 6.07 Å². The standard InChI is InChI=1S/C13H11NO2S/c1-2-9(13(15)16)11-7-17-12-4-3-8(6-14)5-10(11)12/h3-5,7,9H,2H2,1H3,(H,15,16). The lowest BCUT2D eigenvalue weighted by Crippen LogP contribution is -2.09. The van der Waals surface area contributed by atoms with Crippen molar-refractivity contribution in [2.75, 3.05) is 0 Å². The van der Waals surface area contributed by atoms with Gasteiger partial charge < -0.3 is 5.11 Å². The Morgan fingerprint density at radius 3 is 2.94 bits per heavy atom. The molecule has 4 heteroatoms. The number of carboxylic acids is 1. The van der Waals surface area contributed by atoms with Crippen molar-refractivity contribution in [3.05, 3.63) is 34.7 Å². The monoisotopic (exact) mass is 245 g/mol. The highest BCUT2D eigenvalue weighted by Crippen LogP contribution is 2.33. The van der Waals surface area contributed by atoms with Crippen molar-refractivity contribution in [1.29, 1.82) is 5.26 Å². The third kappa shape index (κ3) is 2.02. The second-order valence-electron chi connectivity index (χ2n) is 3.81. The van der Waals surface area contributed by atoms with Gasteiger partial charge in [0.1, 0.15) is 0 Å². The molecule has 1 unspecified atom stereocenters. The molecule has 0 aliphatic heterocycles. The van der Waals surface area contributed by atoms with Crippen molar-refractivity contribution in [2.45, 2.75) is 19.3 Å². The van der Waals surface area contributed by atoms with Crippen LogP contribution >= 0.6 is 11.3 Å². The Morgan fingerprint density at radius 1 is 1.59 bits per heavy atom. The number of fused-ring (bicyclic) bond motifs is 1. The van der Waals surface area contributed by atoms with E-state index in [1.54, 1.807) is 12.1 Å². The highest BCUT2D eigenvalue weighted by Gasteiger charge is 2.21. The Morgan fingerprint density at radius 2 is 2.35 bits per heavy atom. The molecule has 1 N–H and O–H groups in total. The summed E-state index contributed by atoms with van der Waals surface area (Å²) < 4.78 is 1.03. The van der Waals surface area contributed by atoms with Crippen molar-refractivity contribution in [1.82, 2.24) is 0 Å². The second-order valence-corrected chi connectivity index (χ2v) is 4.72. The number of thiophene rings is 1. The smallest absolute Gasteiger partial charge is 0.311 e. The van der Waals surface area contributed by atoms with Gasteiger partial charge in [0.25, 0.3) is 0 Å². The summed E-state index contributed by atoms with van der Waals surface area (Å²) in [5.74, 6) is -1.30. The van der Waals surface area contributed by atoms with E-state index in [-0.39, 0.29) is 0 Å². The zero-order valence-electron chi connectivity index (χ0n) is 9.30. The summed E-state index contributed by atoms with van der Waals surface area (Å²) in [5, 5.41) is 20.8. The number of carbonyl (C=O) groups is 1. The Hall–Kier alpha value is -1.86. The average Bonchev–Trinajstić information content (AvgIpc) is 2.73. The number of hydrogen-bond donors (Lipinski definition) is 1. The summed E-state index contributed by atoms with van der Waals surface area (Å²) in [6.07, 6.45) is 0.554.